The number of hydrogen-bond donors (Lipinski definition) is 1. The van der Waals surface area contributed by atoms with Crippen molar-refractivity contribution in [2.45, 2.75) is 25.8 Å². The number of rotatable bonds is 6. The third-order valence-electron chi connectivity index (χ3n) is 2.48. The van der Waals surface area contributed by atoms with Gasteiger partial charge in [0.05, 0.1) is 12.0 Å². The first-order valence-corrected chi connectivity index (χ1v) is 5.36. The lowest BCUT2D eigenvalue weighted by atomic mass is 10.0. The van der Waals surface area contributed by atoms with Gasteiger partial charge in [-0.3, -0.25) is 10.1 Å². The molecular formula is C10H16N4O4. The van der Waals surface area contributed by atoms with Gasteiger partial charge in [-0.1, -0.05) is 6.92 Å². The molecule has 0 aliphatic rings. The quantitative estimate of drug-likeness (QED) is 0.594. The van der Waals surface area contributed by atoms with Gasteiger partial charge in [-0.05, 0) is 13.3 Å². The van der Waals surface area contributed by atoms with Gasteiger partial charge in [-0.25, -0.2) is 0 Å². The summed E-state index contributed by atoms with van der Waals surface area (Å²) in [6, 6.07) is 0. The monoisotopic (exact) mass is 256 g/mol. The molecule has 0 spiro atoms. The minimum Gasteiger partial charge on any atom is -0.476 e. The summed E-state index contributed by atoms with van der Waals surface area (Å²) in [5.41, 5.74) is 4.92. The molecule has 1 aromatic heterocycles. The summed E-state index contributed by atoms with van der Waals surface area (Å²) in [5, 5.41) is 10.9. The van der Waals surface area contributed by atoms with Crippen LogP contribution in [0.15, 0.2) is 6.33 Å². The number of hydrogen-bond acceptors (Lipinski definition) is 7. The molecule has 1 heterocycles. The van der Waals surface area contributed by atoms with Crippen LogP contribution in [0.3, 0.4) is 0 Å². The molecule has 0 saturated heterocycles. The summed E-state index contributed by atoms with van der Waals surface area (Å²) in [4.78, 5) is 17.7. The Kier molecular flexibility index (Phi) is 4.38. The highest BCUT2D eigenvalue weighted by molar-refractivity contribution is 5.48. The number of nitrogens with zero attached hydrogens (tertiary/aromatic N) is 3. The SMILES string of the molecule is CCC(C)(N)COc1ncnc(OC)c1[N+](=O)[O-]. The van der Waals surface area contributed by atoms with E-state index < -0.39 is 16.1 Å². The fourth-order valence-corrected chi connectivity index (χ4v) is 1.09. The van der Waals surface area contributed by atoms with Gasteiger partial charge >= 0.3 is 17.4 Å². The van der Waals surface area contributed by atoms with Gasteiger partial charge in [0, 0.05) is 5.54 Å². The minimum atomic E-state index is -0.645. The maximum absolute atomic E-state index is 10.9. The maximum atomic E-state index is 10.9. The zero-order valence-corrected chi connectivity index (χ0v) is 10.5. The Morgan fingerprint density at radius 2 is 2.11 bits per heavy atom. The molecule has 0 bridgehead atoms. The molecule has 1 rings (SSSR count). The Hall–Kier alpha value is -1.96. The molecule has 0 fully saturated rings. The first kappa shape index (κ1) is 14.1. The molecule has 1 aromatic rings. The van der Waals surface area contributed by atoms with Crippen LogP contribution in [0, 0.1) is 10.1 Å². The smallest absolute Gasteiger partial charge is 0.392 e. The summed E-state index contributed by atoms with van der Waals surface area (Å²) in [6.45, 7) is 3.81. The molecule has 8 heteroatoms. The van der Waals surface area contributed by atoms with Crippen LogP contribution < -0.4 is 15.2 Å². The van der Waals surface area contributed by atoms with Crippen LogP contribution in [0.25, 0.3) is 0 Å². The molecule has 100 valence electrons. The first-order valence-electron chi connectivity index (χ1n) is 5.36. The van der Waals surface area contributed by atoms with Crippen molar-refractivity contribution in [3.05, 3.63) is 16.4 Å². The van der Waals surface area contributed by atoms with E-state index in [1.165, 1.54) is 7.11 Å². The van der Waals surface area contributed by atoms with Crippen molar-refractivity contribution in [1.82, 2.24) is 9.97 Å². The Balaban J connectivity index is 2.99. The van der Waals surface area contributed by atoms with E-state index in [2.05, 4.69) is 9.97 Å². The molecule has 0 radical (unpaired) electrons. The second-order valence-corrected chi connectivity index (χ2v) is 4.09. The summed E-state index contributed by atoms with van der Waals surface area (Å²) in [5.74, 6) is -0.280. The van der Waals surface area contributed by atoms with E-state index in [0.29, 0.717) is 6.42 Å². The number of nitro groups is 1. The molecule has 1 atom stereocenters. The predicted octanol–water partition coefficient (Wildman–Crippen LogP) is 0.900. The second kappa shape index (κ2) is 5.58. The van der Waals surface area contributed by atoms with Crippen molar-refractivity contribution in [3.8, 4) is 11.8 Å². The Morgan fingerprint density at radius 3 is 2.61 bits per heavy atom. The van der Waals surface area contributed by atoms with Crippen LogP contribution in [0.1, 0.15) is 20.3 Å². The van der Waals surface area contributed by atoms with E-state index in [-0.39, 0.29) is 18.4 Å². The molecule has 0 aliphatic heterocycles. The normalized spacial score (nSPS) is 13.8. The zero-order chi connectivity index (χ0) is 13.8. The number of aromatic nitrogens is 2. The Morgan fingerprint density at radius 1 is 1.50 bits per heavy atom. The molecular weight excluding hydrogens is 240 g/mol. The highest BCUT2D eigenvalue weighted by Gasteiger charge is 2.27. The van der Waals surface area contributed by atoms with Gasteiger partial charge in [0.2, 0.25) is 0 Å². The van der Waals surface area contributed by atoms with Crippen LogP contribution >= 0.6 is 0 Å². The average molecular weight is 256 g/mol. The summed E-state index contributed by atoms with van der Waals surface area (Å²) < 4.78 is 10.1. The van der Waals surface area contributed by atoms with E-state index in [1.807, 2.05) is 6.92 Å². The molecule has 0 saturated carbocycles. The van der Waals surface area contributed by atoms with E-state index in [0.717, 1.165) is 6.33 Å². The Bertz CT molecular complexity index is 436. The van der Waals surface area contributed by atoms with E-state index >= 15 is 0 Å². The predicted molar refractivity (Wildman–Crippen MR) is 63.6 cm³/mol. The lowest BCUT2D eigenvalue weighted by Crippen LogP contribution is -2.41. The average Bonchev–Trinajstić information content (AvgIpc) is 2.35. The number of nitrogens with two attached hydrogens (primary N) is 1. The fraction of sp³-hybridized carbons (Fsp3) is 0.600. The topological polar surface area (TPSA) is 113 Å². The van der Waals surface area contributed by atoms with Gasteiger partial charge < -0.3 is 15.2 Å². The van der Waals surface area contributed by atoms with E-state index in [9.17, 15) is 10.1 Å². The standard InChI is InChI=1S/C10H16N4O4/c1-4-10(2,11)5-18-9-7(14(15)16)8(17-3)12-6-13-9/h6H,4-5,11H2,1-3H3. The molecule has 0 aliphatic carbocycles. The maximum Gasteiger partial charge on any atom is 0.392 e. The first-order chi connectivity index (χ1) is 8.41. The van der Waals surface area contributed by atoms with Crippen molar-refractivity contribution in [1.29, 1.82) is 0 Å². The van der Waals surface area contributed by atoms with Crippen molar-refractivity contribution < 1.29 is 14.4 Å². The third kappa shape index (κ3) is 3.27. The molecule has 18 heavy (non-hydrogen) atoms. The highest BCUT2D eigenvalue weighted by atomic mass is 16.6. The van der Waals surface area contributed by atoms with Crippen LogP contribution in [0.5, 0.6) is 11.8 Å². The molecule has 0 amide bonds. The van der Waals surface area contributed by atoms with Crippen LogP contribution in [0.2, 0.25) is 0 Å². The Labute approximate surface area is 104 Å². The number of ether oxygens (including phenoxy) is 2. The summed E-state index contributed by atoms with van der Waals surface area (Å²) in [7, 11) is 1.29. The van der Waals surface area contributed by atoms with E-state index in [1.54, 1.807) is 6.92 Å². The molecule has 2 N–H and O–H groups in total. The van der Waals surface area contributed by atoms with Gasteiger partial charge in [0.25, 0.3) is 0 Å². The minimum absolute atomic E-state index is 0.116. The van der Waals surface area contributed by atoms with Crippen molar-refractivity contribution in [2.24, 2.45) is 5.73 Å². The van der Waals surface area contributed by atoms with E-state index in [4.69, 9.17) is 15.2 Å². The van der Waals surface area contributed by atoms with Crippen LogP contribution in [0.4, 0.5) is 5.69 Å². The van der Waals surface area contributed by atoms with Crippen molar-refractivity contribution in [3.63, 3.8) is 0 Å². The lowest BCUT2D eigenvalue weighted by Gasteiger charge is -2.22. The summed E-state index contributed by atoms with van der Waals surface area (Å²) in [6.07, 6.45) is 1.81. The molecule has 1 unspecified atom stereocenters. The van der Waals surface area contributed by atoms with Crippen LogP contribution in [-0.2, 0) is 0 Å². The summed E-state index contributed by atoms with van der Waals surface area (Å²) >= 11 is 0. The fourth-order valence-electron chi connectivity index (χ4n) is 1.09. The molecule has 8 nitrogen and oxygen atoms in total. The highest BCUT2D eigenvalue weighted by Crippen LogP contribution is 2.32. The second-order valence-electron chi connectivity index (χ2n) is 4.09. The largest absolute Gasteiger partial charge is 0.476 e. The number of methoxy groups -OCH3 is 1. The lowest BCUT2D eigenvalue weighted by molar-refractivity contribution is -0.387. The van der Waals surface area contributed by atoms with Crippen molar-refractivity contribution in [2.75, 3.05) is 13.7 Å². The zero-order valence-electron chi connectivity index (χ0n) is 10.5. The van der Waals surface area contributed by atoms with Gasteiger partial charge in [-0.2, -0.15) is 9.97 Å². The molecule has 0 aromatic carbocycles. The van der Waals surface area contributed by atoms with Gasteiger partial charge in [0.1, 0.15) is 12.9 Å². The van der Waals surface area contributed by atoms with Crippen LogP contribution in [-0.4, -0.2) is 34.1 Å². The van der Waals surface area contributed by atoms with Gasteiger partial charge in [-0.15, -0.1) is 0 Å². The van der Waals surface area contributed by atoms with Crippen molar-refractivity contribution >= 4 is 5.69 Å². The van der Waals surface area contributed by atoms with Gasteiger partial charge in [0.15, 0.2) is 0 Å². The third-order valence-corrected chi connectivity index (χ3v) is 2.48.